The number of hydrogen-bond donors (Lipinski definition) is 1. The SMILES string of the molecule is Cc1cnc(CNCC2(C)CCCS2)c(C)c1[N+](=O)[O-]. The zero-order chi connectivity index (χ0) is 14.8. The number of thioether (sulfide) groups is 1. The Morgan fingerprint density at radius 1 is 1.55 bits per heavy atom. The molecule has 2 rings (SSSR count). The molecule has 20 heavy (non-hydrogen) atoms. The molecule has 1 atom stereocenters. The van der Waals surface area contributed by atoms with Gasteiger partial charge >= 0.3 is 0 Å². The molecule has 0 aromatic carbocycles. The molecule has 0 aliphatic carbocycles. The van der Waals surface area contributed by atoms with Crippen molar-refractivity contribution in [2.45, 2.75) is 44.9 Å². The van der Waals surface area contributed by atoms with Crippen molar-refractivity contribution in [2.24, 2.45) is 0 Å². The van der Waals surface area contributed by atoms with Crippen LogP contribution >= 0.6 is 11.8 Å². The second kappa shape index (κ2) is 6.10. The average Bonchev–Trinajstić information content (AvgIpc) is 2.79. The summed E-state index contributed by atoms with van der Waals surface area (Å²) in [6.07, 6.45) is 4.09. The standard InChI is InChI=1S/C14H21N3O2S/c1-10-7-16-12(11(2)13(10)17(18)19)8-15-9-14(3)5-4-6-20-14/h7,15H,4-6,8-9H2,1-3H3. The van der Waals surface area contributed by atoms with E-state index in [1.165, 1.54) is 18.6 Å². The molecule has 1 N–H and O–H groups in total. The third kappa shape index (κ3) is 3.30. The van der Waals surface area contributed by atoms with E-state index < -0.39 is 0 Å². The number of nitrogens with one attached hydrogen (secondary N) is 1. The Morgan fingerprint density at radius 3 is 2.90 bits per heavy atom. The summed E-state index contributed by atoms with van der Waals surface area (Å²) in [5.74, 6) is 1.23. The van der Waals surface area contributed by atoms with Crippen molar-refractivity contribution >= 4 is 17.4 Å². The first-order valence-electron chi connectivity index (χ1n) is 6.87. The van der Waals surface area contributed by atoms with Gasteiger partial charge in [0.05, 0.1) is 10.6 Å². The number of nitro groups is 1. The van der Waals surface area contributed by atoms with Crippen LogP contribution < -0.4 is 5.32 Å². The van der Waals surface area contributed by atoms with E-state index in [9.17, 15) is 10.1 Å². The predicted octanol–water partition coefficient (Wildman–Crippen LogP) is 2.98. The number of aromatic nitrogens is 1. The summed E-state index contributed by atoms with van der Waals surface area (Å²) in [5.41, 5.74) is 2.26. The minimum atomic E-state index is -0.315. The summed E-state index contributed by atoms with van der Waals surface area (Å²) in [7, 11) is 0. The first-order valence-corrected chi connectivity index (χ1v) is 7.86. The number of rotatable bonds is 5. The molecule has 1 unspecified atom stereocenters. The first-order chi connectivity index (χ1) is 9.43. The van der Waals surface area contributed by atoms with Gasteiger partial charge in [0.15, 0.2) is 0 Å². The molecule has 2 heterocycles. The van der Waals surface area contributed by atoms with Crippen molar-refractivity contribution in [3.8, 4) is 0 Å². The van der Waals surface area contributed by atoms with E-state index in [0.29, 0.717) is 22.4 Å². The van der Waals surface area contributed by atoms with Gasteiger partial charge in [-0.25, -0.2) is 0 Å². The molecule has 5 nitrogen and oxygen atoms in total. The summed E-state index contributed by atoms with van der Waals surface area (Å²) in [6, 6.07) is 0. The highest BCUT2D eigenvalue weighted by atomic mass is 32.2. The third-order valence-electron chi connectivity index (χ3n) is 3.85. The van der Waals surface area contributed by atoms with Gasteiger partial charge in [0.1, 0.15) is 0 Å². The van der Waals surface area contributed by atoms with Gasteiger partial charge in [0, 0.05) is 35.2 Å². The normalized spacial score (nSPS) is 22.1. The smallest absolute Gasteiger partial charge is 0.278 e. The van der Waals surface area contributed by atoms with Crippen LogP contribution in [0.5, 0.6) is 0 Å². The lowest BCUT2D eigenvalue weighted by atomic mass is 10.1. The van der Waals surface area contributed by atoms with Crippen LogP contribution in [-0.4, -0.2) is 27.0 Å². The number of hydrogen-bond acceptors (Lipinski definition) is 5. The van der Waals surface area contributed by atoms with Gasteiger partial charge in [0.25, 0.3) is 5.69 Å². The Hall–Kier alpha value is -1.14. The molecule has 1 aromatic heterocycles. The summed E-state index contributed by atoms with van der Waals surface area (Å²) < 4.78 is 0.296. The van der Waals surface area contributed by atoms with Gasteiger partial charge < -0.3 is 5.32 Å². The van der Waals surface area contributed by atoms with E-state index in [1.807, 2.05) is 11.8 Å². The minimum absolute atomic E-state index is 0.193. The van der Waals surface area contributed by atoms with E-state index in [-0.39, 0.29) is 10.6 Å². The van der Waals surface area contributed by atoms with Crippen LogP contribution in [0.25, 0.3) is 0 Å². The molecular weight excluding hydrogens is 274 g/mol. The van der Waals surface area contributed by atoms with E-state index in [2.05, 4.69) is 17.2 Å². The second-order valence-electron chi connectivity index (χ2n) is 5.62. The molecule has 6 heteroatoms. The molecular formula is C14H21N3O2S. The molecule has 1 fully saturated rings. The Kier molecular flexibility index (Phi) is 4.65. The van der Waals surface area contributed by atoms with Crippen molar-refractivity contribution in [1.29, 1.82) is 0 Å². The average molecular weight is 295 g/mol. The van der Waals surface area contributed by atoms with E-state index in [1.54, 1.807) is 20.0 Å². The Morgan fingerprint density at radius 2 is 2.30 bits per heavy atom. The van der Waals surface area contributed by atoms with Crippen molar-refractivity contribution < 1.29 is 4.92 Å². The molecule has 0 spiro atoms. The highest BCUT2D eigenvalue weighted by Crippen LogP contribution is 2.37. The summed E-state index contributed by atoms with van der Waals surface area (Å²) >= 11 is 2.00. The predicted molar refractivity (Wildman–Crippen MR) is 82.2 cm³/mol. The Labute approximate surface area is 123 Å². The molecule has 1 aliphatic heterocycles. The van der Waals surface area contributed by atoms with Crippen LogP contribution in [0.3, 0.4) is 0 Å². The second-order valence-corrected chi connectivity index (χ2v) is 7.31. The molecule has 1 aromatic rings. The van der Waals surface area contributed by atoms with Crippen molar-refractivity contribution in [3.05, 3.63) is 33.1 Å². The zero-order valence-electron chi connectivity index (χ0n) is 12.2. The fraction of sp³-hybridized carbons (Fsp3) is 0.643. The third-order valence-corrected chi connectivity index (χ3v) is 5.39. The molecule has 1 saturated heterocycles. The lowest BCUT2D eigenvalue weighted by Gasteiger charge is -2.23. The number of pyridine rings is 1. The minimum Gasteiger partial charge on any atom is -0.310 e. The van der Waals surface area contributed by atoms with Crippen molar-refractivity contribution in [3.63, 3.8) is 0 Å². The number of nitrogens with zero attached hydrogens (tertiary/aromatic N) is 2. The van der Waals surface area contributed by atoms with Crippen LogP contribution in [0, 0.1) is 24.0 Å². The van der Waals surface area contributed by atoms with E-state index in [4.69, 9.17) is 0 Å². The summed E-state index contributed by atoms with van der Waals surface area (Å²) in [4.78, 5) is 15.1. The van der Waals surface area contributed by atoms with E-state index in [0.717, 1.165) is 12.2 Å². The van der Waals surface area contributed by atoms with Gasteiger partial charge in [0.2, 0.25) is 0 Å². The lowest BCUT2D eigenvalue weighted by Crippen LogP contribution is -2.32. The maximum absolute atomic E-state index is 11.1. The van der Waals surface area contributed by atoms with Crippen LogP contribution in [0.2, 0.25) is 0 Å². The highest BCUT2D eigenvalue weighted by molar-refractivity contribution is 8.00. The van der Waals surface area contributed by atoms with Gasteiger partial charge in [-0.15, -0.1) is 0 Å². The quantitative estimate of drug-likeness (QED) is 0.668. The maximum atomic E-state index is 11.1. The van der Waals surface area contributed by atoms with Crippen LogP contribution in [-0.2, 0) is 6.54 Å². The fourth-order valence-corrected chi connectivity index (χ4v) is 3.92. The molecule has 0 radical (unpaired) electrons. The topological polar surface area (TPSA) is 68.1 Å². The molecule has 110 valence electrons. The maximum Gasteiger partial charge on any atom is 0.278 e. The zero-order valence-corrected chi connectivity index (χ0v) is 13.0. The highest BCUT2D eigenvalue weighted by Gasteiger charge is 2.29. The van der Waals surface area contributed by atoms with Crippen LogP contribution in [0.1, 0.15) is 36.6 Å². The van der Waals surface area contributed by atoms with Gasteiger partial charge in [-0.05, 0) is 39.4 Å². The fourth-order valence-electron chi connectivity index (χ4n) is 2.65. The first kappa shape index (κ1) is 15.3. The number of aryl methyl sites for hydroxylation is 1. The summed E-state index contributed by atoms with van der Waals surface area (Å²) in [5, 5.41) is 14.5. The van der Waals surface area contributed by atoms with Gasteiger partial charge in [-0.3, -0.25) is 15.1 Å². The molecule has 0 saturated carbocycles. The molecule has 0 bridgehead atoms. The van der Waals surface area contributed by atoms with Gasteiger partial charge in [-0.1, -0.05) is 0 Å². The molecule has 0 amide bonds. The van der Waals surface area contributed by atoms with Crippen molar-refractivity contribution in [2.75, 3.05) is 12.3 Å². The van der Waals surface area contributed by atoms with Crippen molar-refractivity contribution in [1.82, 2.24) is 10.3 Å². The Balaban J connectivity index is 2.03. The van der Waals surface area contributed by atoms with E-state index >= 15 is 0 Å². The Bertz CT molecular complexity index is 513. The largest absolute Gasteiger partial charge is 0.310 e. The van der Waals surface area contributed by atoms with Crippen LogP contribution in [0.4, 0.5) is 5.69 Å². The molecule has 1 aliphatic rings. The van der Waals surface area contributed by atoms with Gasteiger partial charge in [-0.2, -0.15) is 11.8 Å². The monoisotopic (exact) mass is 295 g/mol. The lowest BCUT2D eigenvalue weighted by molar-refractivity contribution is -0.386. The van der Waals surface area contributed by atoms with Crippen LogP contribution in [0.15, 0.2) is 6.20 Å². The summed E-state index contributed by atoms with van der Waals surface area (Å²) in [6.45, 7) is 7.28.